The van der Waals surface area contributed by atoms with Gasteiger partial charge < -0.3 is 4.74 Å². The van der Waals surface area contributed by atoms with Crippen molar-refractivity contribution in [2.24, 2.45) is 16.7 Å². The molecule has 4 bridgehead atoms. The van der Waals surface area contributed by atoms with Crippen molar-refractivity contribution in [1.29, 1.82) is 0 Å². The van der Waals surface area contributed by atoms with Gasteiger partial charge in [-0.2, -0.15) is 17.9 Å². The van der Waals surface area contributed by atoms with E-state index < -0.39 is 39.4 Å². The van der Waals surface area contributed by atoms with Crippen LogP contribution in [0.2, 0.25) is 0 Å². The summed E-state index contributed by atoms with van der Waals surface area (Å²) in [5, 5.41) is 6.30. The van der Waals surface area contributed by atoms with Crippen molar-refractivity contribution in [3.05, 3.63) is 34.9 Å². The SMILES string of the molecule is Cc1cccc(C)c1C1CC2NC(N1)NS(=O)(=O)C1CCCC(C1)CN(C1CC3(C1)CN(C(C)C)C3)[C@H](CC1(C(F)(F)F)CC1)CO2. The van der Waals surface area contributed by atoms with Crippen LogP contribution in [0.4, 0.5) is 13.2 Å². The third kappa shape index (κ3) is 6.78. The van der Waals surface area contributed by atoms with Crippen LogP contribution in [0.5, 0.6) is 0 Å². The summed E-state index contributed by atoms with van der Waals surface area (Å²) in [7, 11) is -3.68. The van der Waals surface area contributed by atoms with Crippen LogP contribution in [0.1, 0.15) is 101 Å². The van der Waals surface area contributed by atoms with Gasteiger partial charge in [-0.05, 0) is 107 Å². The van der Waals surface area contributed by atoms with Gasteiger partial charge in [0.2, 0.25) is 10.0 Å². The van der Waals surface area contributed by atoms with Crippen LogP contribution < -0.4 is 15.4 Å². The molecule has 1 aromatic rings. The van der Waals surface area contributed by atoms with Gasteiger partial charge in [-0.15, -0.1) is 0 Å². The van der Waals surface area contributed by atoms with Crippen molar-refractivity contribution in [1.82, 2.24) is 25.2 Å². The Kier molecular flexibility index (Phi) is 9.09. The fraction of sp³-hybridized carbons (Fsp3) is 0.829. The number of fused-ring (bicyclic) bond motifs is 4. The van der Waals surface area contributed by atoms with Gasteiger partial charge in [-0.1, -0.05) is 24.6 Å². The van der Waals surface area contributed by atoms with Gasteiger partial charge in [-0.3, -0.25) is 20.4 Å². The summed E-state index contributed by atoms with van der Waals surface area (Å²) < 4.78 is 80.9. The molecule has 1 aromatic carbocycles. The molecule has 5 unspecified atom stereocenters. The van der Waals surface area contributed by atoms with Crippen molar-refractivity contribution in [2.45, 2.75) is 140 Å². The number of ether oxygens (including phenoxy) is 1. The molecular weight excluding hydrogens is 627 g/mol. The number of benzene rings is 1. The van der Waals surface area contributed by atoms with E-state index >= 15 is 0 Å². The van der Waals surface area contributed by atoms with Gasteiger partial charge in [0.05, 0.1) is 17.3 Å². The molecule has 3 aliphatic heterocycles. The molecule has 8 nitrogen and oxygen atoms in total. The van der Waals surface area contributed by atoms with Crippen molar-refractivity contribution in [2.75, 3.05) is 26.2 Å². The predicted molar refractivity (Wildman–Crippen MR) is 176 cm³/mol. The zero-order valence-corrected chi connectivity index (χ0v) is 29.2. The predicted octanol–water partition coefficient (Wildman–Crippen LogP) is 5.32. The molecule has 6 aliphatic rings. The van der Waals surface area contributed by atoms with E-state index in [-0.39, 0.29) is 55.3 Å². The second-order valence-electron chi connectivity index (χ2n) is 16.4. The summed E-state index contributed by atoms with van der Waals surface area (Å²) in [6, 6.07) is 6.24. The van der Waals surface area contributed by atoms with E-state index in [0.29, 0.717) is 31.8 Å². The van der Waals surface area contributed by atoms with E-state index in [9.17, 15) is 21.6 Å². The third-order valence-corrected chi connectivity index (χ3v) is 14.5. The second-order valence-corrected chi connectivity index (χ2v) is 18.4. The quantitative estimate of drug-likeness (QED) is 0.388. The fourth-order valence-corrected chi connectivity index (χ4v) is 11.4. The molecule has 0 radical (unpaired) electrons. The van der Waals surface area contributed by atoms with Crippen LogP contribution in [0, 0.1) is 30.6 Å². The molecule has 3 saturated carbocycles. The highest BCUT2D eigenvalue weighted by Gasteiger charge is 2.64. The number of nitrogens with zero attached hydrogens (tertiary/aromatic N) is 2. The van der Waals surface area contributed by atoms with E-state index in [1.165, 1.54) is 0 Å². The monoisotopic (exact) mass is 681 g/mol. The van der Waals surface area contributed by atoms with Crippen LogP contribution in [-0.2, 0) is 14.8 Å². The number of sulfonamides is 1. The number of hydrogen-bond donors (Lipinski definition) is 3. The van der Waals surface area contributed by atoms with Crippen LogP contribution in [0.15, 0.2) is 18.2 Å². The fourth-order valence-electron chi connectivity index (χ4n) is 9.71. The molecule has 3 N–H and O–H groups in total. The highest BCUT2D eigenvalue weighted by molar-refractivity contribution is 7.90. The van der Waals surface area contributed by atoms with Crippen LogP contribution in [0.25, 0.3) is 0 Å². The Hall–Kier alpha value is -1.28. The Balaban J connectivity index is 1.20. The molecular formula is C35H54F3N5O3S. The van der Waals surface area contributed by atoms with Crippen molar-refractivity contribution in [3.8, 4) is 0 Å². The first-order valence-corrected chi connectivity index (χ1v) is 19.5. The second kappa shape index (κ2) is 12.5. The average Bonchev–Trinajstić information content (AvgIpc) is 3.74. The largest absolute Gasteiger partial charge is 0.394 e. The Bertz CT molecular complexity index is 1390. The number of rotatable bonds is 5. The number of nitrogens with one attached hydrogen (secondary N) is 3. The first-order chi connectivity index (χ1) is 22.2. The molecule has 7 rings (SSSR count). The molecule has 3 saturated heterocycles. The lowest BCUT2D eigenvalue weighted by Gasteiger charge is -2.63. The van der Waals surface area contributed by atoms with Gasteiger partial charge in [0.25, 0.3) is 0 Å². The minimum absolute atomic E-state index is 0.0412. The molecule has 6 fully saturated rings. The molecule has 47 heavy (non-hydrogen) atoms. The number of hydrogen-bond acceptors (Lipinski definition) is 7. The molecule has 0 amide bonds. The van der Waals surface area contributed by atoms with Gasteiger partial charge in [0.1, 0.15) is 12.5 Å². The molecule has 12 heteroatoms. The Morgan fingerprint density at radius 3 is 2.38 bits per heavy atom. The van der Waals surface area contributed by atoms with Crippen LogP contribution >= 0.6 is 0 Å². The van der Waals surface area contributed by atoms with Gasteiger partial charge >= 0.3 is 6.18 Å². The standard InChI is InChI=1S/C35H54F3N5O3S/c1-22(2)42-20-33(21-42)15-26(16-33)43-18-25-9-6-10-28(13-25)47(44,45)41-32-39-29(31-23(3)7-5-8-24(31)4)14-30(40-32)46-19-27(43)17-34(11-12-34)35(36,37)38/h5,7-8,22,25-30,32,39-41H,6,9-21H2,1-4H3/t25?,27-,28?,29?,30?,32?/m1/s1. The maximum atomic E-state index is 14.5. The average molecular weight is 682 g/mol. The Morgan fingerprint density at radius 1 is 1.04 bits per heavy atom. The van der Waals surface area contributed by atoms with E-state index in [2.05, 4.69) is 65.0 Å². The lowest BCUT2D eigenvalue weighted by molar-refractivity contribution is -0.199. The maximum Gasteiger partial charge on any atom is 0.394 e. The Labute approximate surface area is 279 Å². The normalized spacial score (nSPS) is 36.1. The van der Waals surface area contributed by atoms with Crippen molar-refractivity contribution in [3.63, 3.8) is 0 Å². The molecule has 6 atom stereocenters. The van der Waals surface area contributed by atoms with Gasteiger partial charge in [-0.25, -0.2) is 8.42 Å². The topological polar surface area (TPSA) is 85.9 Å². The summed E-state index contributed by atoms with van der Waals surface area (Å²) in [4.78, 5) is 4.86. The molecule has 0 aromatic heterocycles. The number of alkyl halides is 3. The highest BCUT2D eigenvalue weighted by Crippen LogP contribution is 2.61. The smallest absolute Gasteiger partial charge is 0.362 e. The lowest BCUT2D eigenvalue weighted by atomic mass is 9.59. The maximum absolute atomic E-state index is 14.5. The van der Waals surface area contributed by atoms with E-state index in [0.717, 1.165) is 55.5 Å². The zero-order chi connectivity index (χ0) is 33.4. The minimum atomic E-state index is -4.24. The summed E-state index contributed by atoms with van der Waals surface area (Å²) in [5.74, 6) is 0.113. The molecule has 3 aliphatic carbocycles. The number of halogens is 3. The van der Waals surface area contributed by atoms with E-state index in [1.54, 1.807) is 0 Å². The molecule has 1 spiro atoms. The first kappa shape index (κ1) is 34.2. The van der Waals surface area contributed by atoms with Crippen LogP contribution in [-0.4, -0.2) is 86.5 Å². The Morgan fingerprint density at radius 2 is 1.74 bits per heavy atom. The van der Waals surface area contributed by atoms with Gasteiger partial charge in [0, 0.05) is 50.2 Å². The lowest BCUT2D eigenvalue weighted by Crippen LogP contribution is -2.69. The number of aryl methyl sites for hydroxylation is 2. The molecule has 3 heterocycles. The molecule has 264 valence electrons. The summed E-state index contributed by atoms with van der Waals surface area (Å²) in [6.07, 6.45) is 0.199. The minimum Gasteiger partial charge on any atom is -0.362 e. The van der Waals surface area contributed by atoms with Gasteiger partial charge in [0.15, 0.2) is 0 Å². The third-order valence-electron chi connectivity index (χ3n) is 12.6. The summed E-state index contributed by atoms with van der Waals surface area (Å²) in [6.45, 7) is 11.5. The van der Waals surface area contributed by atoms with E-state index in [1.807, 2.05) is 6.07 Å². The summed E-state index contributed by atoms with van der Waals surface area (Å²) >= 11 is 0. The van der Waals surface area contributed by atoms with Crippen LogP contribution in [0.3, 0.4) is 0 Å². The van der Waals surface area contributed by atoms with Crippen molar-refractivity contribution < 1.29 is 26.3 Å². The summed E-state index contributed by atoms with van der Waals surface area (Å²) in [5.41, 5.74) is 1.93. The number of likely N-dealkylation sites (tertiary alicyclic amines) is 1. The van der Waals surface area contributed by atoms with Crippen molar-refractivity contribution >= 4 is 10.0 Å². The zero-order valence-electron chi connectivity index (χ0n) is 28.4. The van der Waals surface area contributed by atoms with E-state index in [4.69, 9.17) is 4.74 Å². The highest BCUT2D eigenvalue weighted by atomic mass is 32.2. The first-order valence-electron chi connectivity index (χ1n) is 17.9.